The Morgan fingerprint density at radius 3 is 2.47 bits per heavy atom. The molecule has 1 nitrogen and oxygen atoms in total. The summed E-state index contributed by atoms with van der Waals surface area (Å²) in [4.78, 5) is 0.443. The van der Waals surface area contributed by atoms with E-state index in [1.807, 2.05) is 13.0 Å². The van der Waals surface area contributed by atoms with Crippen LogP contribution in [0.5, 0.6) is 0 Å². The van der Waals surface area contributed by atoms with E-state index in [2.05, 4.69) is 0 Å². The van der Waals surface area contributed by atoms with Gasteiger partial charge in [-0.1, -0.05) is 17.2 Å². The van der Waals surface area contributed by atoms with Gasteiger partial charge in [-0.15, -0.1) is 0 Å². The second-order valence-corrected chi connectivity index (χ2v) is 5.21. The van der Waals surface area contributed by atoms with Crippen molar-refractivity contribution < 1.29 is 17.4 Å². The molecule has 0 aromatic heterocycles. The van der Waals surface area contributed by atoms with Crippen LogP contribution in [-0.4, -0.2) is 16.1 Å². The minimum atomic E-state index is -4.35. The summed E-state index contributed by atoms with van der Waals surface area (Å²) in [5.74, 6) is -1.23. The van der Waals surface area contributed by atoms with E-state index in [-0.39, 0.29) is 0 Å². The van der Waals surface area contributed by atoms with Crippen molar-refractivity contribution in [2.75, 3.05) is 5.75 Å². The summed E-state index contributed by atoms with van der Waals surface area (Å²) in [6, 6.07) is 0. The molecule has 0 aromatic carbocycles. The Hall–Kier alpha value is -0.580. The first kappa shape index (κ1) is 12.5. The molecule has 0 saturated heterocycles. The third-order valence-corrected chi connectivity index (χ3v) is 3.88. The molecule has 5 heteroatoms. The van der Waals surface area contributed by atoms with Crippen LogP contribution in [0.4, 0.5) is 13.2 Å². The number of halogens is 3. The molecule has 0 fully saturated rings. The average Bonchev–Trinajstić information content (AvgIpc) is 1.99. The molecule has 1 rings (SSSR count). The lowest BCUT2D eigenvalue weighted by atomic mass is 10.0. The quantitative estimate of drug-likeness (QED) is 0.674. The van der Waals surface area contributed by atoms with Gasteiger partial charge in [0, 0.05) is 4.91 Å². The maximum absolute atomic E-state index is 12.0. The highest BCUT2D eigenvalue weighted by molar-refractivity contribution is 7.89. The molecule has 0 amide bonds. The second kappa shape index (κ2) is 4.51. The first-order chi connectivity index (χ1) is 6.79. The van der Waals surface area contributed by atoms with Gasteiger partial charge < -0.3 is 0 Å². The SMILES string of the molecule is CC1=CCC(S(=O)CC(F)(F)F)=C(C)C1. The van der Waals surface area contributed by atoms with Crippen molar-refractivity contribution >= 4 is 10.8 Å². The molecule has 0 bridgehead atoms. The fraction of sp³-hybridized carbons (Fsp3) is 0.600. The lowest BCUT2D eigenvalue weighted by Crippen LogP contribution is -2.20. The summed E-state index contributed by atoms with van der Waals surface area (Å²) in [7, 11) is -1.91. The first-order valence-electron chi connectivity index (χ1n) is 4.59. The summed E-state index contributed by atoms with van der Waals surface area (Å²) < 4.78 is 47.5. The molecule has 0 heterocycles. The van der Waals surface area contributed by atoms with Crippen LogP contribution in [0.2, 0.25) is 0 Å². The molecule has 0 saturated carbocycles. The highest BCUT2D eigenvalue weighted by Crippen LogP contribution is 2.28. The van der Waals surface area contributed by atoms with Gasteiger partial charge in [0.1, 0.15) is 5.75 Å². The van der Waals surface area contributed by atoms with Gasteiger partial charge >= 0.3 is 6.18 Å². The Morgan fingerprint density at radius 2 is 2.00 bits per heavy atom. The van der Waals surface area contributed by atoms with Crippen LogP contribution < -0.4 is 0 Å². The molecule has 0 aromatic rings. The minimum absolute atomic E-state index is 0.389. The van der Waals surface area contributed by atoms with E-state index in [0.717, 1.165) is 11.1 Å². The molecule has 1 aliphatic carbocycles. The maximum atomic E-state index is 12.0. The van der Waals surface area contributed by atoms with Crippen molar-refractivity contribution in [1.82, 2.24) is 0 Å². The van der Waals surface area contributed by atoms with E-state index in [1.54, 1.807) is 6.92 Å². The van der Waals surface area contributed by atoms with Gasteiger partial charge in [0.15, 0.2) is 0 Å². The van der Waals surface area contributed by atoms with Crippen LogP contribution in [0.15, 0.2) is 22.1 Å². The first-order valence-corrected chi connectivity index (χ1v) is 5.91. The van der Waals surface area contributed by atoms with Gasteiger partial charge in [-0.3, -0.25) is 4.21 Å². The van der Waals surface area contributed by atoms with Gasteiger partial charge in [0.2, 0.25) is 0 Å². The van der Waals surface area contributed by atoms with E-state index >= 15 is 0 Å². The lowest BCUT2D eigenvalue weighted by molar-refractivity contribution is -0.105. The molecule has 1 aliphatic rings. The zero-order chi connectivity index (χ0) is 11.6. The molecule has 15 heavy (non-hydrogen) atoms. The van der Waals surface area contributed by atoms with E-state index < -0.39 is 22.7 Å². The average molecular weight is 238 g/mol. The molecule has 1 atom stereocenters. The molecular formula is C10H13F3OS. The van der Waals surface area contributed by atoms with Crippen molar-refractivity contribution in [1.29, 1.82) is 0 Å². The molecule has 0 radical (unpaired) electrons. The van der Waals surface area contributed by atoms with Crippen molar-refractivity contribution in [3.05, 3.63) is 22.1 Å². The van der Waals surface area contributed by atoms with Crippen LogP contribution in [0.25, 0.3) is 0 Å². The number of rotatable bonds is 2. The number of alkyl halides is 3. The second-order valence-electron chi connectivity index (χ2n) is 3.74. The third-order valence-electron chi connectivity index (χ3n) is 2.23. The minimum Gasteiger partial charge on any atom is -0.254 e. The summed E-state index contributed by atoms with van der Waals surface area (Å²) in [6.45, 7) is 3.67. The normalized spacial score (nSPS) is 20.2. The van der Waals surface area contributed by atoms with Gasteiger partial charge in [-0.2, -0.15) is 13.2 Å². The van der Waals surface area contributed by atoms with E-state index in [4.69, 9.17) is 0 Å². The predicted octanol–water partition coefficient (Wildman–Crippen LogP) is 3.31. The lowest BCUT2D eigenvalue weighted by Gasteiger charge is -2.16. The Kier molecular flexibility index (Phi) is 3.76. The van der Waals surface area contributed by atoms with E-state index in [1.165, 1.54) is 0 Å². The van der Waals surface area contributed by atoms with Crippen LogP contribution in [0.3, 0.4) is 0 Å². The smallest absolute Gasteiger partial charge is 0.254 e. The predicted molar refractivity (Wildman–Crippen MR) is 54.8 cm³/mol. The molecule has 0 spiro atoms. The number of allylic oxidation sites excluding steroid dienone is 4. The molecule has 0 aliphatic heterocycles. The summed E-state index contributed by atoms with van der Waals surface area (Å²) in [5.41, 5.74) is 1.94. The largest absolute Gasteiger partial charge is 0.400 e. The summed E-state index contributed by atoms with van der Waals surface area (Å²) >= 11 is 0. The molecule has 0 N–H and O–H groups in total. The third kappa shape index (κ3) is 3.81. The van der Waals surface area contributed by atoms with Crippen molar-refractivity contribution in [2.24, 2.45) is 0 Å². The molecule has 86 valence electrons. The van der Waals surface area contributed by atoms with E-state index in [0.29, 0.717) is 17.7 Å². The Morgan fingerprint density at radius 1 is 1.40 bits per heavy atom. The number of hydrogen-bond acceptors (Lipinski definition) is 1. The zero-order valence-electron chi connectivity index (χ0n) is 8.65. The Labute approximate surface area is 89.5 Å². The monoisotopic (exact) mass is 238 g/mol. The van der Waals surface area contributed by atoms with Gasteiger partial charge in [0.25, 0.3) is 0 Å². The molecule has 1 unspecified atom stereocenters. The van der Waals surface area contributed by atoms with E-state index in [9.17, 15) is 17.4 Å². The summed E-state index contributed by atoms with van der Waals surface area (Å²) in [6.07, 6.45) is -1.48. The van der Waals surface area contributed by atoms with Crippen molar-refractivity contribution in [3.8, 4) is 0 Å². The van der Waals surface area contributed by atoms with Crippen LogP contribution in [-0.2, 0) is 10.8 Å². The van der Waals surface area contributed by atoms with Crippen LogP contribution in [0, 0.1) is 0 Å². The topological polar surface area (TPSA) is 17.1 Å². The number of hydrogen-bond donors (Lipinski definition) is 0. The standard InChI is InChI=1S/C10H13F3OS/c1-7-3-4-9(8(2)5-7)15(14)6-10(11,12)13/h3H,4-6H2,1-2H3. The fourth-order valence-electron chi connectivity index (χ4n) is 1.55. The highest BCUT2D eigenvalue weighted by atomic mass is 32.2. The van der Waals surface area contributed by atoms with Crippen molar-refractivity contribution in [3.63, 3.8) is 0 Å². The maximum Gasteiger partial charge on any atom is 0.400 e. The van der Waals surface area contributed by atoms with Crippen LogP contribution in [0.1, 0.15) is 26.7 Å². The molecular weight excluding hydrogens is 225 g/mol. The Bertz CT molecular complexity index is 339. The van der Waals surface area contributed by atoms with Gasteiger partial charge in [0.05, 0.1) is 10.8 Å². The fourth-order valence-corrected chi connectivity index (χ4v) is 2.75. The van der Waals surface area contributed by atoms with Crippen molar-refractivity contribution in [2.45, 2.75) is 32.9 Å². The summed E-state index contributed by atoms with van der Waals surface area (Å²) in [5, 5.41) is 0. The zero-order valence-corrected chi connectivity index (χ0v) is 9.47. The van der Waals surface area contributed by atoms with Gasteiger partial charge in [-0.25, -0.2) is 0 Å². The van der Waals surface area contributed by atoms with Crippen LogP contribution >= 0.6 is 0 Å². The highest BCUT2D eigenvalue weighted by Gasteiger charge is 2.32. The Balaban J connectivity index is 2.73. The van der Waals surface area contributed by atoms with Gasteiger partial charge in [-0.05, 0) is 26.7 Å².